The molecular formula is C3H4O4. The molecule has 0 saturated carbocycles. The van der Waals surface area contributed by atoms with E-state index in [0.717, 1.165) is 0 Å². The summed E-state index contributed by atoms with van der Waals surface area (Å²) < 4.78 is 9.57. The van der Waals surface area contributed by atoms with Crippen molar-refractivity contribution < 1.29 is 19.2 Å². The topological polar surface area (TPSA) is 43.5 Å². The zero-order valence-electron chi connectivity index (χ0n) is 3.55. The molecule has 2 saturated heterocycles. The summed E-state index contributed by atoms with van der Waals surface area (Å²) in [4.78, 5) is 8.62. The van der Waals surface area contributed by atoms with E-state index in [1.54, 1.807) is 0 Å². The van der Waals surface area contributed by atoms with Gasteiger partial charge < -0.3 is 0 Å². The van der Waals surface area contributed by atoms with Crippen LogP contribution in [-0.4, -0.2) is 19.4 Å². The Bertz CT molecular complexity index is 78.9. The molecule has 4 heteroatoms. The molecule has 0 atom stereocenters. The molecule has 2 rings (SSSR count). The average Bonchev–Trinajstić information content (AvgIpc) is 2.15. The summed E-state index contributed by atoms with van der Waals surface area (Å²) in [5.74, 6) is 0. The zero-order chi connectivity index (χ0) is 4.74. The molecule has 0 radical (unpaired) electrons. The fourth-order valence-electron chi connectivity index (χ4n) is 0.505. The van der Waals surface area contributed by atoms with E-state index >= 15 is 0 Å². The zero-order valence-corrected chi connectivity index (χ0v) is 3.55. The van der Waals surface area contributed by atoms with Gasteiger partial charge in [0.2, 0.25) is 0 Å². The Labute approximate surface area is 39.8 Å². The molecule has 40 valence electrons. The monoisotopic (exact) mass is 104 g/mol. The second-order valence-electron chi connectivity index (χ2n) is 1.36. The van der Waals surface area contributed by atoms with E-state index in [2.05, 4.69) is 9.78 Å². The van der Waals surface area contributed by atoms with Crippen LogP contribution in [0.15, 0.2) is 0 Å². The molecule has 0 amide bonds. The molecule has 2 aliphatic rings. The summed E-state index contributed by atoms with van der Waals surface area (Å²) in [6.07, 6.45) is -1.06. The maximum atomic E-state index is 4.78. The highest BCUT2D eigenvalue weighted by atomic mass is 17.5. The lowest BCUT2D eigenvalue weighted by Crippen LogP contribution is -2.07. The minimum Gasteiger partial charge on any atom is -0.297 e. The number of ether oxygens (including phenoxy) is 2. The molecule has 0 unspecified atom stereocenters. The summed E-state index contributed by atoms with van der Waals surface area (Å²) in [5, 5.41) is 0. The van der Waals surface area contributed by atoms with Crippen molar-refractivity contribution in [3.8, 4) is 0 Å². The lowest BCUT2D eigenvalue weighted by atomic mass is 10.8. The molecule has 2 aliphatic heterocycles. The van der Waals surface area contributed by atoms with Gasteiger partial charge in [-0.25, -0.2) is 0 Å². The normalized spacial score (nSPS) is 34.3. The SMILES string of the molecule is C1COC2(O1)OO2. The number of rotatable bonds is 0. The van der Waals surface area contributed by atoms with Crippen LogP contribution in [0.1, 0.15) is 0 Å². The van der Waals surface area contributed by atoms with Crippen molar-refractivity contribution in [2.75, 3.05) is 13.2 Å². The van der Waals surface area contributed by atoms with E-state index in [9.17, 15) is 0 Å². The predicted octanol–water partition coefficient (Wildman–Crippen LogP) is -0.394. The number of hydrogen-bond donors (Lipinski definition) is 0. The van der Waals surface area contributed by atoms with Crippen molar-refractivity contribution in [2.45, 2.75) is 6.16 Å². The second-order valence-corrected chi connectivity index (χ2v) is 1.36. The molecule has 0 aromatic carbocycles. The smallest absolute Gasteiger partial charge is 0.297 e. The molecule has 7 heavy (non-hydrogen) atoms. The first-order chi connectivity index (χ1) is 3.41. The van der Waals surface area contributed by atoms with Crippen molar-refractivity contribution in [1.29, 1.82) is 0 Å². The second kappa shape index (κ2) is 0.976. The molecule has 2 fully saturated rings. The van der Waals surface area contributed by atoms with E-state index in [1.807, 2.05) is 0 Å². The van der Waals surface area contributed by atoms with Crippen molar-refractivity contribution in [1.82, 2.24) is 0 Å². The molecule has 0 aliphatic carbocycles. The molecule has 0 N–H and O–H groups in total. The molecule has 1 spiro atoms. The lowest BCUT2D eigenvalue weighted by Gasteiger charge is -1.87. The highest BCUT2D eigenvalue weighted by Gasteiger charge is 2.56. The van der Waals surface area contributed by atoms with Crippen molar-refractivity contribution >= 4 is 0 Å². The standard InChI is InChI=1S/C3H4O4/c1-2-5-3(4-1)6-7-3/h1-2H2. The van der Waals surface area contributed by atoms with Gasteiger partial charge in [-0.15, -0.1) is 9.78 Å². The predicted molar refractivity (Wildman–Crippen MR) is 16.8 cm³/mol. The van der Waals surface area contributed by atoms with Crippen LogP contribution in [-0.2, 0) is 19.2 Å². The van der Waals surface area contributed by atoms with Crippen LogP contribution in [0.25, 0.3) is 0 Å². The highest BCUT2D eigenvalue weighted by Crippen LogP contribution is 2.35. The van der Waals surface area contributed by atoms with E-state index in [-0.39, 0.29) is 0 Å². The third kappa shape index (κ3) is 0.450. The first-order valence-corrected chi connectivity index (χ1v) is 2.06. The molecular weight excluding hydrogens is 100 g/mol. The van der Waals surface area contributed by atoms with Gasteiger partial charge in [0, 0.05) is 0 Å². The van der Waals surface area contributed by atoms with Gasteiger partial charge in [-0.3, -0.25) is 9.47 Å². The molecule has 0 aromatic heterocycles. The van der Waals surface area contributed by atoms with Crippen LogP contribution < -0.4 is 0 Å². The van der Waals surface area contributed by atoms with Gasteiger partial charge in [-0.1, -0.05) is 0 Å². The Hall–Kier alpha value is -0.160. The Kier molecular flexibility index (Phi) is 0.529. The first kappa shape index (κ1) is 3.80. The van der Waals surface area contributed by atoms with Gasteiger partial charge in [0.15, 0.2) is 0 Å². The van der Waals surface area contributed by atoms with Crippen LogP contribution in [0.5, 0.6) is 0 Å². The van der Waals surface area contributed by atoms with Gasteiger partial charge in [0.05, 0.1) is 13.2 Å². The van der Waals surface area contributed by atoms with Crippen LogP contribution in [0, 0.1) is 0 Å². The van der Waals surface area contributed by atoms with Crippen molar-refractivity contribution in [3.05, 3.63) is 0 Å². The fourth-order valence-corrected chi connectivity index (χ4v) is 0.505. The van der Waals surface area contributed by atoms with Gasteiger partial charge in [-0.2, -0.15) is 0 Å². The van der Waals surface area contributed by atoms with Gasteiger partial charge in [0.1, 0.15) is 0 Å². The summed E-state index contributed by atoms with van der Waals surface area (Å²) in [6.45, 7) is 1.11. The fraction of sp³-hybridized carbons (Fsp3) is 1.00. The summed E-state index contributed by atoms with van der Waals surface area (Å²) in [7, 11) is 0. The number of hydrogen-bond acceptors (Lipinski definition) is 4. The molecule has 0 bridgehead atoms. The minimum absolute atomic E-state index is 0.556. The maximum absolute atomic E-state index is 4.78. The summed E-state index contributed by atoms with van der Waals surface area (Å²) in [6, 6.07) is 0. The van der Waals surface area contributed by atoms with Gasteiger partial charge in [0.25, 0.3) is 0 Å². The van der Waals surface area contributed by atoms with E-state index in [1.165, 1.54) is 0 Å². The van der Waals surface area contributed by atoms with Gasteiger partial charge in [-0.05, 0) is 0 Å². The average molecular weight is 104 g/mol. The third-order valence-corrected chi connectivity index (χ3v) is 0.860. The van der Waals surface area contributed by atoms with E-state index in [4.69, 9.17) is 9.47 Å². The van der Waals surface area contributed by atoms with Crippen LogP contribution >= 0.6 is 0 Å². The summed E-state index contributed by atoms with van der Waals surface area (Å²) in [5.41, 5.74) is 0. The molecule has 0 aromatic rings. The van der Waals surface area contributed by atoms with Crippen molar-refractivity contribution in [2.24, 2.45) is 0 Å². The van der Waals surface area contributed by atoms with Crippen molar-refractivity contribution in [3.63, 3.8) is 0 Å². The quantitative estimate of drug-likeness (QED) is 0.310. The Morgan fingerprint density at radius 2 is 1.57 bits per heavy atom. The van der Waals surface area contributed by atoms with Crippen LogP contribution in [0.2, 0.25) is 0 Å². The Morgan fingerprint density at radius 3 is 1.86 bits per heavy atom. The van der Waals surface area contributed by atoms with Crippen LogP contribution in [0.4, 0.5) is 0 Å². The van der Waals surface area contributed by atoms with Gasteiger partial charge >= 0.3 is 6.16 Å². The lowest BCUT2D eigenvalue weighted by molar-refractivity contribution is -0.165. The Morgan fingerprint density at radius 1 is 1.00 bits per heavy atom. The third-order valence-electron chi connectivity index (χ3n) is 0.860. The minimum atomic E-state index is -1.06. The first-order valence-electron chi connectivity index (χ1n) is 2.06. The van der Waals surface area contributed by atoms with E-state index in [0.29, 0.717) is 13.2 Å². The summed E-state index contributed by atoms with van der Waals surface area (Å²) >= 11 is 0. The van der Waals surface area contributed by atoms with E-state index < -0.39 is 6.16 Å². The maximum Gasteiger partial charge on any atom is 0.467 e. The molecule has 4 nitrogen and oxygen atoms in total. The Balaban J connectivity index is 2.07. The largest absolute Gasteiger partial charge is 0.467 e. The molecule has 2 heterocycles. The highest BCUT2D eigenvalue weighted by molar-refractivity contribution is 4.51. The van der Waals surface area contributed by atoms with Crippen LogP contribution in [0.3, 0.4) is 0 Å².